The molecule has 0 aliphatic rings. The number of ether oxygens (including phenoxy) is 1. The Kier molecular flexibility index (Phi) is 5.38. The zero-order valence-electron chi connectivity index (χ0n) is 15.4. The number of hydrogen-bond donors (Lipinski definition) is 2. The van der Waals surface area contributed by atoms with Crippen molar-refractivity contribution in [2.75, 3.05) is 6.54 Å². The summed E-state index contributed by atoms with van der Waals surface area (Å²) in [4.78, 5) is 17.9. The fraction of sp³-hybridized carbons (Fsp3) is 0.238. The van der Waals surface area contributed by atoms with E-state index >= 15 is 0 Å². The lowest BCUT2D eigenvalue weighted by atomic mass is 10.1. The van der Waals surface area contributed by atoms with Gasteiger partial charge in [-0.15, -0.1) is 0 Å². The molecule has 0 radical (unpaired) electrons. The van der Waals surface area contributed by atoms with E-state index in [-0.39, 0.29) is 0 Å². The number of imidazole rings is 1. The van der Waals surface area contributed by atoms with Crippen molar-refractivity contribution in [2.45, 2.75) is 25.3 Å². The van der Waals surface area contributed by atoms with Crippen LogP contribution in [0.25, 0.3) is 26.4 Å². The van der Waals surface area contributed by atoms with E-state index in [0.29, 0.717) is 18.7 Å². The molecule has 7 heteroatoms. The summed E-state index contributed by atoms with van der Waals surface area (Å²) in [5, 5.41) is 0. The van der Waals surface area contributed by atoms with Crippen molar-refractivity contribution in [3.8, 4) is 17.0 Å². The minimum atomic E-state index is -0.639. The van der Waals surface area contributed by atoms with Crippen molar-refractivity contribution in [1.82, 2.24) is 9.38 Å². The lowest BCUT2D eigenvalue weighted by Crippen LogP contribution is -2.34. The van der Waals surface area contributed by atoms with Crippen LogP contribution in [0.2, 0.25) is 0 Å². The summed E-state index contributed by atoms with van der Waals surface area (Å²) in [5.41, 5.74) is 14.2. The van der Waals surface area contributed by atoms with Gasteiger partial charge < -0.3 is 16.2 Å². The lowest BCUT2D eigenvalue weighted by Gasteiger charge is -2.11. The fourth-order valence-corrected chi connectivity index (χ4v) is 4.13. The summed E-state index contributed by atoms with van der Waals surface area (Å²) < 4.78 is 8.75. The summed E-state index contributed by atoms with van der Waals surface area (Å²) in [6.45, 7) is 0.598. The average molecular weight is 395 g/mol. The third-order valence-corrected chi connectivity index (χ3v) is 5.66. The van der Waals surface area contributed by atoms with E-state index in [4.69, 9.17) is 21.2 Å². The molecule has 4 rings (SSSR count). The average Bonchev–Trinajstić information content (AvgIpc) is 3.26. The molecule has 0 aliphatic carbocycles. The second kappa shape index (κ2) is 8.10. The molecule has 4 aromatic rings. The molecule has 0 spiro atoms. The van der Waals surface area contributed by atoms with Gasteiger partial charge in [-0.25, -0.2) is 9.78 Å². The second-order valence-electron chi connectivity index (χ2n) is 6.69. The number of rotatable bonds is 7. The van der Waals surface area contributed by atoms with Gasteiger partial charge in [0.2, 0.25) is 0 Å². The normalized spacial score (nSPS) is 12.5. The predicted molar refractivity (Wildman–Crippen MR) is 113 cm³/mol. The van der Waals surface area contributed by atoms with Crippen molar-refractivity contribution in [3.05, 3.63) is 54.7 Å². The molecular formula is C21H22N4O2S. The van der Waals surface area contributed by atoms with Crippen LogP contribution in [-0.2, 0) is 4.79 Å². The Labute approximate surface area is 166 Å². The predicted octanol–water partition coefficient (Wildman–Crippen LogP) is 3.58. The third-order valence-electron chi connectivity index (χ3n) is 4.62. The summed E-state index contributed by atoms with van der Waals surface area (Å²) >= 11 is 1.65. The first-order valence-electron chi connectivity index (χ1n) is 9.30. The zero-order valence-corrected chi connectivity index (χ0v) is 16.2. The molecule has 144 valence electrons. The van der Waals surface area contributed by atoms with Crippen LogP contribution in [-0.4, -0.2) is 27.9 Å². The molecule has 28 heavy (non-hydrogen) atoms. The number of thiazole rings is 1. The second-order valence-corrected chi connectivity index (χ2v) is 7.70. The number of esters is 1. The first-order valence-corrected chi connectivity index (χ1v) is 10.1. The maximum absolute atomic E-state index is 12.2. The largest absolute Gasteiger partial charge is 0.425 e. The smallest absolute Gasteiger partial charge is 0.328 e. The first-order chi connectivity index (χ1) is 13.7. The van der Waals surface area contributed by atoms with Crippen LogP contribution in [0.1, 0.15) is 19.3 Å². The molecule has 2 aromatic heterocycles. The Morgan fingerprint density at radius 3 is 2.89 bits per heavy atom. The quantitative estimate of drug-likeness (QED) is 0.284. The summed E-state index contributed by atoms with van der Waals surface area (Å²) in [6, 6.07) is 14.9. The van der Waals surface area contributed by atoms with Gasteiger partial charge in [-0.3, -0.25) is 4.40 Å². The molecule has 2 aromatic carbocycles. The highest BCUT2D eigenvalue weighted by atomic mass is 32.1. The van der Waals surface area contributed by atoms with Crippen LogP contribution in [0.15, 0.2) is 54.7 Å². The molecule has 0 saturated heterocycles. The number of hydrogen-bond acceptors (Lipinski definition) is 6. The molecule has 2 heterocycles. The van der Waals surface area contributed by atoms with Crippen LogP contribution >= 0.6 is 11.3 Å². The van der Waals surface area contributed by atoms with Crippen molar-refractivity contribution in [1.29, 1.82) is 0 Å². The number of fused-ring (bicyclic) bond motifs is 3. The SMILES string of the molecule is NCCCCC(N)C(=O)Oc1cccc(-c2cn3c(n2)sc2ccccc23)c1. The Morgan fingerprint density at radius 2 is 2.04 bits per heavy atom. The summed E-state index contributed by atoms with van der Waals surface area (Å²) in [5.74, 6) is 0.0453. The molecule has 0 fully saturated rings. The van der Waals surface area contributed by atoms with Crippen LogP contribution in [0, 0.1) is 0 Å². The summed E-state index contributed by atoms with van der Waals surface area (Å²) in [6.07, 6.45) is 4.24. The van der Waals surface area contributed by atoms with Gasteiger partial charge in [-0.05, 0) is 43.7 Å². The number of carbonyl (C=O) groups is 1. The Morgan fingerprint density at radius 1 is 1.18 bits per heavy atom. The van der Waals surface area contributed by atoms with Gasteiger partial charge in [0.1, 0.15) is 11.8 Å². The first kappa shape index (κ1) is 18.6. The van der Waals surface area contributed by atoms with Gasteiger partial charge in [0.25, 0.3) is 0 Å². The number of para-hydroxylation sites is 1. The van der Waals surface area contributed by atoms with E-state index in [2.05, 4.69) is 16.5 Å². The molecule has 1 atom stereocenters. The molecule has 4 N–H and O–H groups in total. The fourth-order valence-electron chi connectivity index (χ4n) is 3.12. The summed E-state index contributed by atoms with van der Waals surface area (Å²) in [7, 11) is 0. The maximum atomic E-state index is 12.2. The molecule has 0 aliphatic heterocycles. The van der Waals surface area contributed by atoms with Crippen LogP contribution in [0.3, 0.4) is 0 Å². The topological polar surface area (TPSA) is 95.6 Å². The molecule has 6 nitrogen and oxygen atoms in total. The van der Waals surface area contributed by atoms with Crippen LogP contribution in [0.5, 0.6) is 5.75 Å². The minimum absolute atomic E-state index is 0.425. The van der Waals surface area contributed by atoms with Gasteiger partial charge in [0, 0.05) is 11.8 Å². The molecule has 0 amide bonds. The number of nitrogens with two attached hydrogens (primary N) is 2. The number of nitrogens with zero attached hydrogens (tertiary/aromatic N) is 2. The zero-order chi connectivity index (χ0) is 19.5. The minimum Gasteiger partial charge on any atom is -0.425 e. The van der Waals surface area contributed by atoms with Crippen molar-refractivity contribution in [2.24, 2.45) is 11.5 Å². The Balaban J connectivity index is 1.53. The molecule has 0 saturated carbocycles. The highest BCUT2D eigenvalue weighted by molar-refractivity contribution is 7.23. The van der Waals surface area contributed by atoms with Crippen molar-refractivity contribution < 1.29 is 9.53 Å². The van der Waals surface area contributed by atoms with Crippen molar-refractivity contribution in [3.63, 3.8) is 0 Å². The van der Waals surface area contributed by atoms with Crippen LogP contribution in [0.4, 0.5) is 0 Å². The monoisotopic (exact) mass is 394 g/mol. The maximum Gasteiger partial charge on any atom is 0.328 e. The van der Waals surface area contributed by atoms with Crippen molar-refractivity contribution >= 4 is 32.5 Å². The number of aromatic nitrogens is 2. The Bertz CT molecular complexity index is 1120. The van der Waals surface area contributed by atoms with Gasteiger partial charge in [-0.2, -0.15) is 0 Å². The Hall–Kier alpha value is -2.74. The van der Waals surface area contributed by atoms with E-state index in [1.165, 1.54) is 4.70 Å². The lowest BCUT2D eigenvalue weighted by molar-refractivity contribution is -0.136. The van der Waals surface area contributed by atoms with Gasteiger partial charge >= 0.3 is 5.97 Å². The number of benzene rings is 2. The van der Waals surface area contributed by atoms with E-state index in [1.807, 2.05) is 36.5 Å². The van der Waals surface area contributed by atoms with Gasteiger partial charge in [-0.1, -0.05) is 42.0 Å². The standard InChI is InChI=1S/C21H22N4O2S/c22-11-4-3-8-16(23)20(26)27-15-7-5-6-14(12-15)17-13-25-18-9-1-2-10-19(18)28-21(25)24-17/h1-2,5-7,9-10,12-13,16H,3-4,8,11,22-23H2. The van der Waals surface area contributed by atoms with Gasteiger partial charge in [0.15, 0.2) is 4.96 Å². The number of carbonyl (C=O) groups excluding carboxylic acids is 1. The van der Waals surface area contributed by atoms with E-state index in [9.17, 15) is 4.79 Å². The molecular weight excluding hydrogens is 372 g/mol. The molecule has 1 unspecified atom stereocenters. The van der Waals surface area contributed by atoms with E-state index in [0.717, 1.165) is 34.6 Å². The highest BCUT2D eigenvalue weighted by Gasteiger charge is 2.16. The van der Waals surface area contributed by atoms with E-state index in [1.54, 1.807) is 17.4 Å². The highest BCUT2D eigenvalue weighted by Crippen LogP contribution is 2.30. The number of unbranched alkanes of at least 4 members (excludes halogenated alkanes) is 1. The van der Waals surface area contributed by atoms with Gasteiger partial charge in [0.05, 0.1) is 15.9 Å². The van der Waals surface area contributed by atoms with Crippen LogP contribution < -0.4 is 16.2 Å². The van der Waals surface area contributed by atoms with E-state index < -0.39 is 12.0 Å². The molecule has 0 bridgehead atoms. The third kappa shape index (κ3) is 3.77.